The molecule has 0 aliphatic carbocycles. The Bertz CT molecular complexity index is 398. The van der Waals surface area contributed by atoms with Gasteiger partial charge < -0.3 is 4.89 Å². The number of rotatable bonds is 6. The highest BCUT2D eigenvalue weighted by atomic mass is 31.3. The van der Waals surface area contributed by atoms with Gasteiger partial charge in [0.1, 0.15) is 0 Å². The van der Waals surface area contributed by atoms with Crippen LogP contribution < -0.4 is 0 Å². The summed E-state index contributed by atoms with van der Waals surface area (Å²) in [7, 11) is -13.0. The molecule has 0 saturated heterocycles. The second kappa shape index (κ2) is 6.55. The molecule has 3 N–H and O–H groups in total. The van der Waals surface area contributed by atoms with E-state index in [-0.39, 0.29) is 0 Å². The Morgan fingerprint density at radius 3 is 2.25 bits per heavy atom. The summed E-state index contributed by atoms with van der Waals surface area (Å²) in [5.74, 6) is 0.629. The number of phosphoric acid groups is 1. The first kappa shape index (κ1) is 15.8. The first-order chi connectivity index (χ1) is 7.18. The fourth-order valence-electron chi connectivity index (χ4n) is 0.548. The number of hydrogen-bond acceptors (Lipinski definition) is 5. The van der Waals surface area contributed by atoms with Gasteiger partial charge in [-0.2, -0.15) is 0 Å². The van der Waals surface area contributed by atoms with Crippen molar-refractivity contribution < 1.29 is 37.0 Å². The zero-order chi connectivity index (χ0) is 12.8. The van der Waals surface area contributed by atoms with Crippen LogP contribution in [0.4, 0.5) is 0 Å². The Labute approximate surface area is 92.3 Å². The molecule has 0 fully saturated rings. The van der Waals surface area contributed by atoms with Crippen molar-refractivity contribution in [3.8, 4) is 0 Å². The minimum absolute atomic E-state index is 0.629. The highest BCUT2D eigenvalue weighted by Crippen LogP contribution is 2.63. The summed E-state index contributed by atoms with van der Waals surface area (Å²) in [5.41, 5.74) is 0. The van der Waals surface area contributed by atoms with Crippen molar-refractivity contribution in [2.24, 2.45) is 0 Å². The third kappa shape index (κ3) is 8.05. The van der Waals surface area contributed by atoms with Crippen LogP contribution >= 0.6 is 23.7 Å². The second-order valence-corrected chi connectivity index (χ2v) is 6.45. The van der Waals surface area contributed by atoms with Crippen LogP contribution in [0.1, 0.15) is 6.92 Å². The maximum Gasteiger partial charge on any atom is 0.705 e. The van der Waals surface area contributed by atoms with Crippen LogP contribution in [0.5, 0.6) is 0 Å². The van der Waals surface area contributed by atoms with Gasteiger partial charge in [-0.05, 0) is 11.2 Å². The molecule has 0 aromatic rings. The van der Waals surface area contributed by atoms with Gasteiger partial charge in [-0.25, -0.2) is 8.88 Å². The Morgan fingerprint density at radius 2 is 1.81 bits per heavy atom. The van der Waals surface area contributed by atoms with Gasteiger partial charge in [-0.3, -0.25) is 9.46 Å². The van der Waals surface area contributed by atoms with E-state index >= 15 is 0 Å². The van der Waals surface area contributed by atoms with Gasteiger partial charge in [-0.15, -0.1) is 4.89 Å². The molecule has 0 heterocycles. The summed E-state index contributed by atoms with van der Waals surface area (Å²) in [6, 6.07) is 0. The Hall–Kier alpha value is -0.160. The molecule has 8 nitrogen and oxygen atoms in total. The quantitative estimate of drug-likeness (QED) is 0.500. The average molecular weight is 291 g/mol. The van der Waals surface area contributed by atoms with Crippen LogP contribution in [0, 0.1) is 0 Å². The Morgan fingerprint density at radius 1 is 1.25 bits per heavy atom. The molecule has 0 radical (unpaired) electrons. The molecule has 0 amide bonds. The molecule has 3 unspecified atom stereocenters. The lowest BCUT2D eigenvalue weighted by Gasteiger charge is -2.07. The normalized spacial score (nSPS) is 20.9. The van der Waals surface area contributed by atoms with E-state index in [2.05, 4.69) is 8.62 Å². The molecule has 3 atom stereocenters. The van der Waals surface area contributed by atoms with Crippen molar-refractivity contribution in [1.29, 1.82) is 0 Å². The Kier molecular flexibility index (Phi) is 6.48. The molecule has 0 aliphatic heterocycles. The average Bonchev–Trinajstić information content (AvgIpc) is 1.98. The molecule has 92 valence electrons. The second-order valence-electron chi connectivity index (χ2n) is 2.30. The Balaban J connectivity index is 4.64. The van der Waals surface area contributed by atoms with Crippen LogP contribution in [-0.2, 0) is 22.3 Å². The SMILES string of the molecule is CC=CC=CP(=O)(O)OP(=O)(O)O[P+](=O)O. The lowest BCUT2D eigenvalue weighted by molar-refractivity contribution is 0.266. The molecular weight excluding hydrogens is 281 g/mol. The number of hydrogen-bond donors (Lipinski definition) is 3. The van der Waals surface area contributed by atoms with Gasteiger partial charge in [0.15, 0.2) is 0 Å². The largest absolute Gasteiger partial charge is 0.705 e. The van der Waals surface area contributed by atoms with E-state index in [1.807, 2.05) is 0 Å². The van der Waals surface area contributed by atoms with E-state index in [4.69, 9.17) is 14.7 Å². The highest BCUT2D eigenvalue weighted by molar-refractivity contribution is 7.68. The maximum atomic E-state index is 11.1. The van der Waals surface area contributed by atoms with Crippen LogP contribution in [0.2, 0.25) is 0 Å². The molecule has 0 aromatic carbocycles. The zero-order valence-electron chi connectivity index (χ0n) is 8.03. The summed E-state index contributed by atoms with van der Waals surface area (Å²) in [5, 5.41) is 0. The third-order valence-electron chi connectivity index (χ3n) is 0.971. The van der Waals surface area contributed by atoms with Gasteiger partial charge in [0, 0.05) is 10.4 Å². The van der Waals surface area contributed by atoms with E-state index in [9.17, 15) is 13.7 Å². The van der Waals surface area contributed by atoms with E-state index < -0.39 is 23.7 Å². The monoisotopic (exact) mass is 291 g/mol. The molecule has 0 aromatic heterocycles. The van der Waals surface area contributed by atoms with Crippen molar-refractivity contribution in [2.45, 2.75) is 6.92 Å². The molecule has 16 heavy (non-hydrogen) atoms. The predicted octanol–water partition coefficient (Wildman–Crippen LogP) is 2.04. The maximum absolute atomic E-state index is 11.1. The first-order valence-corrected chi connectivity index (χ1v) is 7.99. The van der Waals surface area contributed by atoms with Crippen molar-refractivity contribution in [3.05, 3.63) is 24.0 Å². The van der Waals surface area contributed by atoms with Gasteiger partial charge in [0.25, 0.3) is 0 Å². The van der Waals surface area contributed by atoms with Crippen molar-refractivity contribution in [1.82, 2.24) is 0 Å². The van der Waals surface area contributed by atoms with E-state index in [1.165, 1.54) is 12.2 Å². The molecule has 11 heteroatoms. The third-order valence-corrected chi connectivity index (χ3v) is 4.67. The standard InChI is InChI=1S/C5H9O8P3/c1-2-3-4-5-15(8,9)13-16(10,11)12-14(6)7/h2-5H,1H3,(H2-,6,7,8,9,10,11)/p+1. The fraction of sp³-hybridized carbons (Fsp3) is 0.200. The predicted molar refractivity (Wildman–Crippen MR) is 55.6 cm³/mol. The van der Waals surface area contributed by atoms with E-state index in [0.717, 1.165) is 6.08 Å². The topological polar surface area (TPSA) is 130 Å². The molecule has 0 aliphatic rings. The minimum Gasteiger partial charge on any atom is -0.321 e. The lowest BCUT2D eigenvalue weighted by atomic mass is 10.5. The van der Waals surface area contributed by atoms with Crippen molar-refractivity contribution >= 4 is 23.7 Å². The van der Waals surface area contributed by atoms with Gasteiger partial charge in [0.2, 0.25) is 0 Å². The van der Waals surface area contributed by atoms with E-state index in [1.54, 1.807) is 6.92 Å². The molecule has 0 rings (SSSR count). The summed E-state index contributed by atoms with van der Waals surface area (Å²) in [4.78, 5) is 25.9. The fourth-order valence-corrected chi connectivity index (χ4v) is 3.36. The smallest absolute Gasteiger partial charge is 0.321 e. The molecule has 0 bridgehead atoms. The molecule has 0 saturated carbocycles. The van der Waals surface area contributed by atoms with Crippen LogP contribution in [0.25, 0.3) is 0 Å². The van der Waals surface area contributed by atoms with Gasteiger partial charge >= 0.3 is 23.7 Å². The molecular formula is C5H10O8P3+. The van der Waals surface area contributed by atoms with Gasteiger partial charge in [-0.1, -0.05) is 18.2 Å². The summed E-state index contributed by atoms with van der Waals surface area (Å²) in [6.07, 6.45) is 4.03. The first-order valence-electron chi connectivity index (χ1n) is 3.71. The van der Waals surface area contributed by atoms with Crippen molar-refractivity contribution in [3.63, 3.8) is 0 Å². The van der Waals surface area contributed by atoms with Crippen LogP contribution in [0.15, 0.2) is 24.0 Å². The summed E-state index contributed by atoms with van der Waals surface area (Å²) in [6.45, 7) is 1.64. The zero-order valence-corrected chi connectivity index (χ0v) is 10.7. The summed E-state index contributed by atoms with van der Waals surface area (Å²) < 4.78 is 39.4. The van der Waals surface area contributed by atoms with Gasteiger partial charge in [0.05, 0.1) is 0 Å². The van der Waals surface area contributed by atoms with Crippen LogP contribution in [0.3, 0.4) is 0 Å². The number of allylic oxidation sites excluding steroid dienone is 3. The van der Waals surface area contributed by atoms with Crippen molar-refractivity contribution in [2.75, 3.05) is 0 Å². The minimum atomic E-state index is -5.04. The summed E-state index contributed by atoms with van der Waals surface area (Å²) >= 11 is 0. The highest BCUT2D eigenvalue weighted by Gasteiger charge is 2.40. The molecule has 0 spiro atoms. The van der Waals surface area contributed by atoms with Crippen LogP contribution in [-0.4, -0.2) is 14.7 Å². The van der Waals surface area contributed by atoms with E-state index in [0.29, 0.717) is 5.82 Å². The lowest BCUT2D eigenvalue weighted by Crippen LogP contribution is -1.87.